The summed E-state index contributed by atoms with van der Waals surface area (Å²) < 4.78 is 12.0. The zero-order valence-electron chi connectivity index (χ0n) is 18.8. The van der Waals surface area contributed by atoms with Crippen molar-refractivity contribution in [3.05, 3.63) is 77.8 Å². The van der Waals surface area contributed by atoms with Gasteiger partial charge in [-0.05, 0) is 63.5 Å². The van der Waals surface area contributed by atoms with Crippen LogP contribution in [0, 0.1) is 0 Å². The molecule has 7 nitrogen and oxygen atoms in total. The third-order valence-corrected chi connectivity index (χ3v) is 5.17. The average molecular weight is 464 g/mol. The van der Waals surface area contributed by atoms with E-state index in [2.05, 4.69) is 25.2 Å². The number of nitrogens with zero attached hydrogens (tertiary/aromatic N) is 4. The molecule has 1 N–H and O–H groups in total. The molecule has 0 aliphatic carbocycles. The van der Waals surface area contributed by atoms with Crippen molar-refractivity contribution < 1.29 is 9.47 Å². The summed E-state index contributed by atoms with van der Waals surface area (Å²) in [6.07, 6.45) is 3.27. The van der Waals surface area contributed by atoms with Gasteiger partial charge >= 0.3 is 0 Å². The minimum atomic E-state index is 0.00337. The summed E-state index contributed by atoms with van der Waals surface area (Å²) in [6.45, 7) is 3.18. The summed E-state index contributed by atoms with van der Waals surface area (Å²) >= 11 is 6.48. The molecule has 0 spiro atoms. The van der Waals surface area contributed by atoms with Gasteiger partial charge < -0.3 is 19.7 Å². The minimum Gasteiger partial charge on any atom is -0.489 e. The molecule has 170 valence electrons. The highest BCUT2D eigenvalue weighted by molar-refractivity contribution is 6.32. The van der Waals surface area contributed by atoms with Crippen LogP contribution in [0.5, 0.6) is 11.5 Å². The van der Waals surface area contributed by atoms with Crippen LogP contribution in [0.4, 0.5) is 11.5 Å². The number of halogens is 1. The van der Waals surface area contributed by atoms with Gasteiger partial charge in [-0.3, -0.25) is 4.98 Å². The van der Waals surface area contributed by atoms with Crippen LogP contribution in [0.1, 0.15) is 12.6 Å². The van der Waals surface area contributed by atoms with E-state index in [9.17, 15) is 0 Å². The predicted octanol–water partition coefficient (Wildman–Crippen LogP) is 5.33. The first-order chi connectivity index (χ1) is 16.0. The van der Waals surface area contributed by atoms with Crippen LogP contribution < -0.4 is 14.8 Å². The second-order valence-corrected chi connectivity index (χ2v) is 8.35. The van der Waals surface area contributed by atoms with Crippen molar-refractivity contribution in [3.8, 4) is 11.5 Å². The Morgan fingerprint density at radius 1 is 1.00 bits per heavy atom. The molecule has 0 fully saturated rings. The molecule has 0 aliphatic heterocycles. The van der Waals surface area contributed by atoms with Crippen molar-refractivity contribution in [1.82, 2.24) is 19.9 Å². The Morgan fingerprint density at radius 3 is 2.64 bits per heavy atom. The fourth-order valence-electron chi connectivity index (χ4n) is 3.51. The zero-order chi connectivity index (χ0) is 23.2. The Morgan fingerprint density at radius 2 is 1.88 bits per heavy atom. The summed E-state index contributed by atoms with van der Waals surface area (Å²) in [5.74, 6) is 1.96. The van der Waals surface area contributed by atoms with Gasteiger partial charge in [0.05, 0.1) is 21.6 Å². The van der Waals surface area contributed by atoms with E-state index in [1.165, 1.54) is 6.33 Å². The molecule has 8 heteroatoms. The summed E-state index contributed by atoms with van der Waals surface area (Å²) in [5.41, 5.74) is 2.41. The summed E-state index contributed by atoms with van der Waals surface area (Å²) in [4.78, 5) is 15.2. The molecule has 1 unspecified atom stereocenters. The molecule has 0 saturated heterocycles. The monoisotopic (exact) mass is 463 g/mol. The van der Waals surface area contributed by atoms with Gasteiger partial charge in [0.25, 0.3) is 0 Å². The van der Waals surface area contributed by atoms with Crippen molar-refractivity contribution >= 4 is 34.0 Å². The van der Waals surface area contributed by atoms with E-state index >= 15 is 0 Å². The number of pyridine rings is 1. The predicted molar refractivity (Wildman–Crippen MR) is 131 cm³/mol. The van der Waals surface area contributed by atoms with E-state index < -0.39 is 0 Å². The average Bonchev–Trinajstić information content (AvgIpc) is 2.79. The van der Waals surface area contributed by atoms with E-state index in [-0.39, 0.29) is 6.10 Å². The first-order valence-corrected chi connectivity index (χ1v) is 11.0. The smallest absolute Gasteiger partial charge is 0.145 e. The summed E-state index contributed by atoms with van der Waals surface area (Å²) in [6, 6.07) is 17.0. The molecule has 2 aromatic carbocycles. The molecular weight excluding hydrogens is 438 g/mol. The van der Waals surface area contributed by atoms with Crippen LogP contribution in [0.3, 0.4) is 0 Å². The molecule has 4 rings (SSSR count). The van der Waals surface area contributed by atoms with Crippen molar-refractivity contribution in [2.24, 2.45) is 0 Å². The molecule has 1 atom stereocenters. The van der Waals surface area contributed by atoms with Crippen LogP contribution in [0.25, 0.3) is 10.9 Å². The SMILES string of the molecule is CC(CN(C)C)Oc1cccc2ncnc(Nc3ccc(OCc4ccccn4)c(Cl)c3)c12. The second-order valence-electron chi connectivity index (χ2n) is 7.94. The molecule has 4 aromatic rings. The van der Waals surface area contributed by atoms with Gasteiger partial charge in [-0.25, -0.2) is 9.97 Å². The van der Waals surface area contributed by atoms with Gasteiger partial charge in [-0.1, -0.05) is 23.7 Å². The van der Waals surface area contributed by atoms with E-state index in [4.69, 9.17) is 21.1 Å². The largest absolute Gasteiger partial charge is 0.489 e. The normalized spacial score (nSPS) is 12.0. The highest BCUT2D eigenvalue weighted by Crippen LogP contribution is 2.34. The lowest BCUT2D eigenvalue weighted by atomic mass is 10.2. The Kier molecular flexibility index (Phi) is 7.22. The third-order valence-electron chi connectivity index (χ3n) is 4.87. The Hall–Kier alpha value is -3.42. The fourth-order valence-corrected chi connectivity index (χ4v) is 3.74. The quantitative estimate of drug-likeness (QED) is 0.359. The third kappa shape index (κ3) is 5.88. The van der Waals surface area contributed by atoms with Crippen molar-refractivity contribution in [1.29, 1.82) is 0 Å². The summed E-state index contributed by atoms with van der Waals surface area (Å²) in [5, 5.41) is 4.66. The highest BCUT2D eigenvalue weighted by atomic mass is 35.5. The minimum absolute atomic E-state index is 0.00337. The van der Waals surface area contributed by atoms with E-state index in [0.717, 1.165) is 34.6 Å². The number of hydrogen-bond acceptors (Lipinski definition) is 7. The number of aromatic nitrogens is 3. The number of fused-ring (bicyclic) bond motifs is 1. The first-order valence-electron chi connectivity index (χ1n) is 10.6. The van der Waals surface area contributed by atoms with Crippen molar-refractivity contribution in [2.75, 3.05) is 26.0 Å². The number of rotatable bonds is 9. The molecule has 2 aromatic heterocycles. The molecular formula is C25H26ClN5O2. The van der Waals surface area contributed by atoms with Crippen LogP contribution in [0.15, 0.2) is 67.1 Å². The molecule has 0 saturated carbocycles. The maximum absolute atomic E-state index is 6.48. The number of likely N-dealkylation sites (N-methyl/N-ethyl adjacent to an activating group) is 1. The van der Waals surface area contributed by atoms with Crippen molar-refractivity contribution in [2.45, 2.75) is 19.6 Å². The maximum Gasteiger partial charge on any atom is 0.145 e. The van der Waals surface area contributed by atoms with Crippen molar-refractivity contribution in [3.63, 3.8) is 0 Å². The number of anilines is 2. The van der Waals surface area contributed by atoms with Crippen LogP contribution >= 0.6 is 11.6 Å². The van der Waals surface area contributed by atoms with Gasteiger partial charge in [0.1, 0.15) is 36.4 Å². The zero-order valence-corrected chi connectivity index (χ0v) is 19.6. The number of hydrogen-bond donors (Lipinski definition) is 1. The number of nitrogens with one attached hydrogen (secondary N) is 1. The lowest BCUT2D eigenvalue weighted by Gasteiger charge is -2.20. The van der Waals surface area contributed by atoms with Gasteiger partial charge in [-0.2, -0.15) is 0 Å². The van der Waals surface area contributed by atoms with Gasteiger partial charge in [0, 0.05) is 18.4 Å². The maximum atomic E-state index is 6.48. The Labute approximate surface area is 198 Å². The van der Waals surface area contributed by atoms with Gasteiger partial charge in [0.2, 0.25) is 0 Å². The Balaban J connectivity index is 1.55. The van der Waals surface area contributed by atoms with Crippen LogP contribution in [-0.2, 0) is 6.61 Å². The van der Waals surface area contributed by atoms with E-state index in [1.807, 2.05) is 69.6 Å². The second kappa shape index (κ2) is 10.5. The lowest BCUT2D eigenvalue weighted by Crippen LogP contribution is -2.28. The van der Waals surface area contributed by atoms with Gasteiger partial charge in [0.15, 0.2) is 0 Å². The molecule has 33 heavy (non-hydrogen) atoms. The van der Waals surface area contributed by atoms with Gasteiger partial charge in [-0.15, -0.1) is 0 Å². The number of benzene rings is 2. The van der Waals surface area contributed by atoms with Crippen LogP contribution in [-0.4, -0.2) is 46.6 Å². The fraction of sp³-hybridized carbons (Fsp3) is 0.240. The Bertz CT molecular complexity index is 1210. The van der Waals surface area contributed by atoms with E-state index in [1.54, 1.807) is 12.3 Å². The molecule has 0 radical (unpaired) electrons. The first kappa shape index (κ1) is 22.8. The number of ether oxygens (including phenoxy) is 2. The molecule has 2 heterocycles. The molecule has 0 bridgehead atoms. The topological polar surface area (TPSA) is 72.4 Å². The van der Waals surface area contributed by atoms with E-state index in [0.29, 0.717) is 23.2 Å². The standard InChI is InChI=1S/C25H26ClN5O2/c1-17(14-31(2)3)33-23-9-6-8-21-24(23)25(29-16-28-21)30-18-10-11-22(20(26)13-18)32-15-19-7-4-5-12-27-19/h4-13,16-17H,14-15H2,1-3H3,(H,28,29,30). The lowest BCUT2D eigenvalue weighted by molar-refractivity contribution is 0.179. The highest BCUT2D eigenvalue weighted by Gasteiger charge is 2.14. The summed E-state index contributed by atoms with van der Waals surface area (Å²) in [7, 11) is 4.04. The molecule has 0 aliphatic rings. The molecule has 0 amide bonds. The van der Waals surface area contributed by atoms with Crippen LogP contribution in [0.2, 0.25) is 5.02 Å².